The zero-order valence-corrected chi connectivity index (χ0v) is 14.8. The maximum Gasteiger partial charge on any atom is 0.0205 e. The van der Waals surface area contributed by atoms with Crippen molar-refractivity contribution in [3.63, 3.8) is 0 Å². The average molecular weight is 379 g/mol. The van der Waals surface area contributed by atoms with Crippen molar-refractivity contribution in [2.24, 2.45) is 11.8 Å². The molecule has 0 aliphatic carbocycles. The molecule has 0 amide bonds. The Morgan fingerprint density at radius 2 is 1.63 bits per heavy atom. The highest BCUT2D eigenvalue weighted by Gasteiger charge is 2.23. The number of likely N-dealkylation sites (tertiary alicyclic amines) is 1. The molecule has 2 fully saturated rings. The molecule has 0 N–H and O–H groups in total. The Morgan fingerprint density at radius 3 is 2.16 bits per heavy atom. The van der Waals surface area contributed by atoms with Crippen molar-refractivity contribution in [1.82, 2.24) is 12.9 Å². The lowest BCUT2D eigenvalue weighted by molar-refractivity contribution is 0.119. The minimum atomic E-state index is 0.0811. The van der Waals surface area contributed by atoms with E-state index in [9.17, 15) is 0 Å². The van der Waals surface area contributed by atoms with E-state index in [1.807, 2.05) is 0 Å². The van der Waals surface area contributed by atoms with E-state index in [0.29, 0.717) is 0 Å². The summed E-state index contributed by atoms with van der Waals surface area (Å²) in [6.45, 7) is 15.0. The van der Waals surface area contributed by atoms with Gasteiger partial charge in [-0.15, -0.1) is 0 Å². The fourth-order valence-corrected chi connectivity index (χ4v) is 4.37. The summed E-state index contributed by atoms with van der Waals surface area (Å²) in [6.07, 6.45) is 2.82. The van der Waals surface area contributed by atoms with Gasteiger partial charge < -0.3 is 9.80 Å². The molecule has 0 spiro atoms. The minimum Gasteiger partial charge on any atom is -0.303 e. The Hall–Kier alpha value is 0.480. The molecule has 2 heterocycles. The SMILES string of the molecule is C=IN1CCN(CC2CCN(CC(C)C)CC2)CC1. The van der Waals surface area contributed by atoms with E-state index < -0.39 is 0 Å². The number of piperidine rings is 1. The normalized spacial score (nSPS) is 25.2. The van der Waals surface area contributed by atoms with Crippen LogP contribution in [0, 0.1) is 11.8 Å². The maximum absolute atomic E-state index is 4.09. The zero-order valence-electron chi connectivity index (χ0n) is 12.7. The molecule has 2 aliphatic rings. The van der Waals surface area contributed by atoms with Gasteiger partial charge in [0.1, 0.15) is 0 Å². The van der Waals surface area contributed by atoms with E-state index >= 15 is 0 Å². The number of halogens is 1. The summed E-state index contributed by atoms with van der Waals surface area (Å²) in [5.41, 5.74) is 0. The first-order chi connectivity index (χ1) is 9.17. The quantitative estimate of drug-likeness (QED) is 0.536. The molecule has 2 aliphatic heterocycles. The molecule has 0 bridgehead atoms. The van der Waals surface area contributed by atoms with E-state index in [1.54, 1.807) is 0 Å². The van der Waals surface area contributed by atoms with Crippen LogP contribution in [0.4, 0.5) is 0 Å². The van der Waals surface area contributed by atoms with Gasteiger partial charge in [0.15, 0.2) is 0 Å². The second-order valence-corrected chi connectivity index (χ2v) is 8.51. The molecule has 2 saturated heterocycles. The molecule has 0 saturated carbocycles. The summed E-state index contributed by atoms with van der Waals surface area (Å²) >= 11 is 0.0811. The van der Waals surface area contributed by atoms with Crippen LogP contribution < -0.4 is 0 Å². The molecule has 0 aromatic heterocycles. The first-order valence-corrected chi connectivity index (χ1v) is 10.2. The Balaban J connectivity index is 1.64. The highest BCUT2D eigenvalue weighted by molar-refractivity contribution is 14.2. The monoisotopic (exact) mass is 379 g/mol. The average Bonchev–Trinajstić information content (AvgIpc) is 2.41. The van der Waals surface area contributed by atoms with Crippen LogP contribution in [0.3, 0.4) is 0 Å². The molecule has 4 heteroatoms. The Labute approximate surface area is 129 Å². The second kappa shape index (κ2) is 8.05. The Bertz CT molecular complexity index is 267. The second-order valence-electron chi connectivity index (χ2n) is 6.47. The van der Waals surface area contributed by atoms with Gasteiger partial charge in [-0.25, -0.2) is 0 Å². The van der Waals surface area contributed by atoms with Gasteiger partial charge in [0.25, 0.3) is 0 Å². The lowest BCUT2D eigenvalue weighted by atomic mass is 9.95. The third kappa shape index (κ3) is 5.40. The number of hydrogen-bond acceptors (Lipinski definition) is 3. The van der Waals surface area contributed by atoms with Gasteiger partial charge in [-0.2, -0.15) is 0 Å². The topological polar surface area (TPSA) is 9.72 Å². The van der Waals surface area contributed by atoms with E-state index in [4.69, 9.17) is 0 Å². The minimum absolute atomic E-state index is 0.0811. The van der Waals surface area contributed by atoms with Gasteiger partial charge in [0.05, 0.1) is 0 Å². The predicted octanol–water partition coefficient (Wildman–Crippen LogP) is 2.29. The van der Waals surface area contributed by atoms with Crippen LogP contribution in [0.15, 0.2) is 0 Å². The molecule has 3 nitrogen and oxygen atoms in total. The number of rotatable bonds is 5. The first-order valence-electron chi connectivity index (χ1n) is 7.75. The van der Waals surface area contributed by atoms with Crippen molar-refractivity contribution < 1.29 is 0 Å². The number of nitrogens with zero attached hydrogens (tertiary/aromatic N) is 3. The molecule has 0 aromatic carbocycles. The lowest BCUT2D eigenvalue weighted by Crippen LogP contribution is -2.46. The van der Waals surface area contributed by atoms with E-state index in [-0.39, 0.29) is 21.0 Å². The molecule has 2 rings (SSSR count). The lowest BCUT2D eigenvalue weighted by Gasteiger charge is -2.38. The summed E-state index contributed by atoms with van der Waals surface area (Å²) in [7, 11) is 0. The van der Waals surface area contributed by atoms with Crippen molar-refractivity contribution in [3.05, 3.63) is 0 Å². The largest absolute Gasteiger partial charge is 0.303 e. The van der Waals surface area contributed by atoms with Gasteiger partial charge in [0, 0.05) is 39.3 Å². The van der Waals surface area contributed by atoms with Crippen molar-refractivity contribution in [1.29, 1.82) is 0 Å². The predicted molar refractivity (Wildman–Crippen MR) is 93.2 cm³/mol. The first kappa shape index (κ1) is 15.9. The van der Waals surface area contributed by atoms with E-state index in [1.165, 1.54) is 65.2 Å². The van der Waals surface area contributed by atoms with Crippen LogP contribution >= 0.6 is 21.0 Å². The molecule has 112 valence electrons. The van der Waals surface area contributed by atoms with Crippen LogP contribution in [0.1, 0.15) is 26.7 Å². The van der Waals surface area contributed by atoms with Crippen LogP contribution in [-0.2, 0) is 0 Å². The number of hydrogen-bond donors (Lipinski definition) is 0. The fraction of sp³-hybridized carbons (Fsp3) is 0.933. The molecule has 0 unspecified atom stereocenters. The molecule has 0 radical (unpaired) electrons. The van der Waals surface area contributed by atoms with Crippen LogP contribution in [0.5, 0.6) is 0 Å². The molecule has 0 atom stereocenters. The zero-order chi connectivity index (χ0) is 13.7. The van der Waals surface area contributed by atoms with Crippen LogP contribution in [-0.4, -0.2) is 69.8 Å². The van der Waals surface area contributed by atoms with Gasteiger partial charge >= 0.3 is 0 Å². The third-order valence-corrected chi connectivity index (χ3v) is 6.26. The Kier molecular flexibility index (Phi) is 6.72. The summed E-state index contributed by atoms with van der Waals surface area (Å²) in [5, 5.41) is 0. The summed E-state index contributed by atoms with van der Waals surface area (Å²) in [5.74, 6) is 1.76. The molecular formula is C15H30IN3. The summed E-state index contributed by atoms with van der Waals surface area (Å²) in [4.78, 5) is 5.35. The van der Waals surface area contributed by atoms with Crippen LogP contribution in [0.2, 0.25) is 0 Å². The highest BCUT2D eigenvalue weighted by Crippen LogP contribution is 2.20. The van der Waals surface area contributed by atoms with Crippen LogP contribution in [0.25, 0.3) is 0 Å². The van der Waals surface area contributed by atoms with E-state index in [2.05, 4.69) is 31.3 Å². The van der Waals surface area contributed by atoms with Gasteiger partial charge in [0.2, 0.25) is 0 Å². The maximum atomic E-state index is 4.09. The number of piperazine rings is 1. The van der Waals surface area contributed by atoms with Crippen molar-refractivity contribution >= 4 is 25.5 Å². The van der Waals surface area contributed by atoms with Gasteiger partial charge in [-0.05, 0) is 58.8 Å². The Morgan fingerprint density at radius 1 is 1.00 bits per heavy atom. The molecule has 0 aromatic rings. The van der Waals surface area contributed by atoms with Crippen molar-refractivity contribution in [2.75, 3.05) is 52.4 Å². The van der Waals surface area contributed by atoms with Gasteiger partial charge in [-0.3, -0.25) is 3.11 Å². The fourth-order valence-electron chi connectivity index (χ4n) is 3.26. The van der Waals surface area contributed by atoms with Crippen molar-refractivity contribution in [2.45, 2.75) is 26.7 Å². The van der Waals surface area contributed by atoms with Crippen molar-refractivity contribution in [3.8, 4) is 0 Å². The van der Waals surface area contributed by atoms with E-state index in [0.717, 1.165) is 11.8 Å². The standard InChI is InChI=1S/C15H30IN3/c1-14(2)12-17-6-4-15(5-7-17)13-18-8-10-19(16-3)11-9-18/h14-15H,3-13H2,1-2H3. The highest BCUT2D eigenvalue weighted by atomic mass is 127. The smallest absolute Gasteiger partial charge is 0.0205 e. The third-order valence-electron chi connectivity index (χ3n) is 4.33. The molecule has 19 heavy (non-hydrogen) atoms. The molecular weight excluding hydrogens is 349 g/mol. The van der Waals surface area contributed by atoms with Gasteiger partial charge in [-0.1, -0.05) is 18.4 Å². The summed E-state index contributed by atoms with van der Waals surface area (Å²) in [6, 6.07) is 0. The summed E-state index contributed by atoms with van der Waals surface area (Å²) < 4.78 is 6.66.